The first-order chi connectivity index (χ1) is 14.2. The third kappa shape index (κ3) is 4.09. The van der Waals surface area contributed by atoms with Crippen LogP contribution in [0.15, 0.2) is 46.0 Å². The normalized spacial score (nSPS) is 10.7. The van der Waals surface area contributed by atoms with Gasteiger partial charge in [0.15, 0.2) is 0 Å². The zero-order valence-electron chi connectivity index (χ0n) is 15.8. The van der Waals surface area contributed by atoms with Crippen molar-refractivity contribution in [2.75, 3.05) is 12.4 Å². The summed E-state index contributed by atoms with van der Waals surface area (Å²) >= 11 is 0. The van der Waals surface area contributed by atoms with E-state index in [1.165, 1.54) is 13.0 Å². The standard InChI is InChI=1S/C19H15F3N4O4/c1-10(27)23-16-8-13(5-6-14(16)21)26-19(29)25(18(28)17(24-26)30-2)9-11-3-4-12(20)7-15(11)22/h3-8H,9H2,1-2H3,(H,23,27). The lowest BCUT2D eigenvalue weighted by Gasteiger charge is -2.13. The van der Waals surface area contributed by atoms with E-state index in [-0.39, 0.29) is 16.9 Å². The number of methoxy groups -OCH3 is 1. The van der Waals surface area contributed by atoms with Crippen LogP contribution in [0, 0.1) is 17.5 Å². The minimum Gasteiger partial charge on any atom is -0.476 e. The summed E-state index contributed by atoms with van der Waals surface area (Å²) in [6.07, 6.45) is 0. The molecule has 30 heavy (non-hydrogen) atoms. The summed E-state index contributed by atoms with van der Waals surface area (Å²) in [5.41, 5.74) is -2.24. The van der Waals surface area contributed by atoms with Crippen molar-refractivity contribution in [3.63, 3.8) is 0 Å². The SMILES string of the molecule is COc1nn(-c2ccc(F)c(NC(C)=O)c2)c(=O)n(Cc2ccc(F)cc2F)c1=O. The van der Waals surface area contributed by atoms with Gasteiger partial charge in [0.25, 0.3) is 5.88 Å². The molecule has 0 atom stereocenters. The molecule has 1 amide bonds. The lowest BCUT2D eigenvalue weighted by atomic mass is 10.2. The highest BCUT2D eigenvalue weighted by Crippen LogP contribution is 2.18. The zero-order valence-corrected chi connectivity index (χ0v) is 15.8. The number of carbonyl (C=O) groups is 1. The smallest absolute Gasteiger partial charge is 0.352 e. The number of nitrogens with one attached hydrogen (secondary N) is 1. The molecule has 1 aromatic heterocycles. The van der Waals surface area contributed by atoms with Crippen molar-refractivity contribution in [1.29, 1.82) is 0 Å². The fraction of sp³-hybridized carbons (Fsp3) is 0.158. The maximum atomic E-state index is 14.0. The summed E-state index contributed by atoms with van der Waals surface area (Å²) in [5.74, 6) is -3.54. The van der Waals surface area contributed by atoms with Gasteiger partial charge in [-0.25, -0.2) is 22.5 Å². The molecule has 156 valence electrons. The molecular formula is C19H15F3N4O4. The molecule has 1 heterocycles. The Kier molecular flexibility index (Phi) is 5.72. The van der Waals surface area contributed by atoms with Gasteiger partial charge in [-0.1, -0.05) is 6.07 Å². The molecule has 0 radical (unpaired) electrons. The van der Waals surface area contributed by atoms with Crippen LogP contribution in [0.3, 0.4) is 0 Å². The summed E-state index contributed by atoms with van der Waals surface area (Å²) in [4.78, 5) is 36.6. The minimum atomic E-state index is -0.982. The monoisotopic (exact) mass is 420 g/mol. The average Bonchev–Trinajstić information content (AvgIpc) is 2.68. The van der Waals surface area contributed by atoms with Crippen molar-refractivity contribution in [3.05, 3.63) is 80.3 Å². The molecular weight excluding hydrogens is 405 g/mol. The summed E-state index contributed by atoms with van der Waals surface area (Å²) in [6, 6.07) is 6.04. The number of halogens is 3. The first-order valence-electron chi connectivity index (χ1n) is 8.51. The molecule has 3 rings (SSSR count). The van der Waals surface area contributed by atoms with Crippen LogP contribution in [-0.2, 0) is 11.3 Å². The van der Waals surface area contributed by atoms with Crippen LogP contribution in [0.2, 0.25) is 0 Å². The number of benzene rings is 2. The Bertz CT molecular complexity index is 1250. The van der Waals surface area contributed by atoms with Gasteiger partial charge in [-0.2, -0.15) is 4.68 Å². The Balaban J connectivity index is 2.18. The number of anilines is 1. The van der Waals surface area contributed by atoms with Gasteiger partial charge in [0.05, 0.1) is 25.0 Å². The lowest BCUT2D eigenvalue weighted by molar-refractivity contribution is -0.114. The van der Waals surface area contributed by atoms with E-state index in [1.807, 2.05) is 0 Å². The van der Waals surface area contributed by atoms with Crippen molar-refractivity contribution in [2.24, 2.45) is 0 Å². The molecule has 0 aliphatic carbocycles. The van der Waals surface area contributed by atoms with Gasteiger partial charge in [0, 0.05) is 18.6 Å². The first kappa shape index (κ1) is 20.8. The van der Waals surface area contributed by atoms with Crippen LogP contribution < -0.4 is 21.3 Å². The number of amides is 1. The number of rotatable bonds is 5. The van der Waals surface area contributed by atoms with Crippen molar-refractivity contribution in [1.82, 2.24) is 14.3 Å². The van der Waals surface area contributed by atoms with Crippen LogP contribution in [-0.4, -0.2) is 27.4 Å². The third-order valence-corrected chi connectivity index (χ3v) is 4.07. The van der Waals surface area contributed by atoms with Crippen molar-refractivity contribution in [3.8, 4) is 11.6 Å². The molecule has 1 N–H and O–H groups in total. The van der Waals surface area contributed by atoms with Crippen LogP contribution in [0.4, 0.5) is 18.9 Å². The molecule has 0 aliphatic rings. The van der Waals surface area contributed by atoms with Gasteiger partial charge in [-0.3, -0.25) is 9.59 Å². The molecule has 0 spiro atoms. The molecule has 3 aromatic rings. The minimum absolute atomic E-state index is 0.0109. The van der Waals surface area contributed by atoms with E-state index < -0.39 is 47.0 Å². The summed E-state index contributed by atoms with van der Waals surface area (Å²) in [7, 11) is 1.15. The van der Waals surface area contributed by atoms with Crippen molar-refractivity contribution < 1.29 is 22.7 Å². The first-order valence-corrected chi connectivity index (χ1v) is 8.51. The Morgan fingerprint density at radius 1 is 1.10 bits per heavy atom. The van der Waals surface area contributed by atoms with E-state index >= 15 is 0 Å². The van der Waals surface area contributed by atoms with E-state index in [0.717, 1.165) is 36.1 Å². The highest BCUT2D eigenvalue weighted by Gasteiger charge is 2.18. The second-order valence-electron chi connectivity index (χ2n) is 6.18. The van der Waals surface area contributed by atoms with Crippen molar-refractivity contribution in [2.45, 2.75) is 13.5 Å². The van der Waals surface area contributed by atoms with Crippen LogP contribution >= 0.6 is 0 Å². The largest absolute Gasteiger partial charge is 0.476 e. The van der Waals surface area contributed by atoms with E-state index in [1.54, 1.807) is 0 Å². The number of hydrogen-bond acceptors (Lipinski definition) is 5. The van der Waals surface area contributed by atoms with E-state index in [0.29, 0.717) is 10.6 Å². The molecule has 0 saturated carbocycles. The second kappa shape index (κ2) is 8.23. The van der Waals surface area contributed by atoms with Gasteiger partial charge in [-0.05, 0) is 24.3 Å². The number of aromatic nitrogens is 3. The van der Waals surface area contributed by atoms with Crippen LogP contribution in [0.25, 0.3) is 5.69 Å². The topological polar surface area (TPSA) is 95.2 Å². The maximum Gasteiger partial charge on any atom is 0.352 e. The number of carbonyl (C=O) groups excluding carboxylic acids is 1. The predicted molar refractivity (Wildman–Crippen MR) is 100 cm³/mol. The number of nitrogens with zero attached hydrogens (tertiary/aromatic N) is 3. The van der Waals surface area contributed by atoms with Gasteiger partial charge >= 0.3 is 11.2 Å². The highest BCUT2D eigenvalue weighted by atomic mass is 19.1. The molecule has 0 fully saturated rings. The molecule has 11 heteroatoms. The molecule has 0 bridgehead atoms. The zero-order chi connectivity index (χ0) is 22.0. The predicted octanol–water partition coefficient (Wildman–Crippen LogP) is 1.83. The fourth-order valence-electron chi connectivity index (χ4n) is 2.68. The second-order valence-corrected chi connectivity index (χ2v) is 6.18. The average molecular weight is 420 g/mol. The van der Waals surface area contributed by atoms with Gasteiger partial charge < -0.3 is 10.1 Å². The Morgan fingerprint density at radius 3 is 2.47 bits per heavy atom. The van der Waals surface area contributed by atoms with Gasteiger partial charge in [0.1, 0.15) is 17.5 Å². The molecule has 0 aliphatic heterocycles. The van der Waals surface area contributed by atoms with Crippen LogP contribution in [0.5, 0.6) is 5.88 Å². The van der Waals surface area contributed by atoms with Crippen molar-refractivity contribution >= 4 is 11.6 Å². The summed E-state index contributed by atoms with van der Waals surface area (Å²) in [6.45, 7) is 0.652. The van der Waals surface area contributed by atoms with Crippen LogP contribution in [0.1, 0.15) is 12.5 Å². The van der Waals surface area contributed by atoms with E-state index in [9.17, 15) is 27.6 Å². The molecule has 0 unspecified atom stereocenters. The molecule has 2 aromatic carbocycles. The van der Waals surface area contributed by atoms with E-state index in [4.69, 9.17) is 4.74 Å². The lowest BCUT2D eigenvalue weighted by Crippen LogP contribution is -2.41. The quantitative estimate of drug-likeness (QED) is 0.680. The van der Waals surface area contributed by atoms with Gasteiger partial charge in [0.2, 0.25) is 5.91 Å². The summed E-state index contributed by atoms with van der Waals surface area (Å²) in [5, 5.41) is 6.08. The highest BCUT2D eigenvalue weighted by molar-refractivity contribution is 5.89. The fourth-order valence-corrected chi connectivity index (χ4v) is 2.68. The maximum absolute atomic E-state index is 14.0. The molecule has 8 nitrogen and oxygen atoms in total. The Labute approximate surface area is 167 Å². The Hall–Kier alpha value is -3.89. The number of hydrogen-bond donors (Lipinski definition) is 1. The number of ether oxygens (including phenoxy) is 1. The Morgan fingerprint density at radius 2 is 1.83 bits per heavy atom. The van der Waals surface area contributed by atoms with E-state index in [2.05, 4.69) is 10.4 Å². The van der Waals surface area contributed by atoms with Gasteiger partial charge in [-0.15, -0.1) is 5.10 Å². The summed E-state index contributed by atoms with van der Waals surface area (Å²) < 4.78 is 47.4. The molecule has 0 saturated heterocycles. The third-order valence-electron chi connectivity index (χ3n) is 4.07.